The van der Waals surface area contributed by atoms with E-state index in [-0.39, 0.29) is 11.7 Å². The van der Waals surface area contributed by atoms with Crippen molar-refractivity contribution in [3.8, 4) is 0 Å². The molecule has 4 heteroatoms. The Balaban J connectivity index is 1.77. The van der Waals surface area contributed by atoms with E-state index < -0.39 is 0 Å². The minimum atomic E-state index is 0.262. The summed E-state index contributed by atoms with van der Waals surface area (Å²) in [5, 5.41) is 1.19. The molecule has 1 aromatic rings. The molecule has 2 aliphatic rings. The van der Waals surface area contributed by atoms with Crippen LogP contribution in [0.4, 0.5) is 10.7 Å². The summed E-state index contributed by atoms with van der Waals surface area (Å²) in [6, 6.07) is 2.01. The first-order chi connectivity index (χ1) is 9.15. The number of carbonyl (C=O) groups excluding carboxylic acids is 1. The predicted octanol–water partition coefficient (Wildman–Crippen LogP) is 3.55. The molecular weight excluding hydrogens is 256 g/mol. The molecule has 2 fully saturated rings. The minimum absolute atomic E-state index is 0.262. The maximum Gasteiger partial charge on any atom is 0.178 e. The molecule has 1 aliphatic heterocycles. The third-order valence-electron chi connectivity index (χ3n) is 4.25. The van der Waals surface area contributed by atoms with E-state index in [0.29, 0.717) is 5.69 Å². The highest BCUT2D eigenvalue weighted by molar-refractivity contribution is 7.18. The number of nitrogens with zero attached hydrogens (tertiary/aromatic N) is 1. The topological polar surface area (TPSA) is 46.3 Å². The molecule has 1 atom stereocenters. The lowest BCUT2D eigenvalue weighted by Gasteiger charge is -2.20. The van der Waals surface area contributed by atoms with Gasteiger partial charge in [-0.25, -0.2) is 0 Å². The lowest BCUT2D eigenvalue weighted by molar-refractivity contribution is 0.0972. The largest absolute Gasteiger partial charge is 0.397 e. The number of thiophene rings is 1. The molecule has 1 aromatic heterocycles. The number of nitrogens with two attached hydrogens (primary N) is 1. The number of hydrogen-bond donors (Lipinski definition) is 1. The van der Waals surface area contributed by atoms with E-state index in [0.717, 1.165) is 36.7 Å². The summed E-state index contributed by atoms with van der Waals surface area (Å²) >= 11 is 1.60. The molecule has 3 rings (SSSR count). The second-order valence-electron chi connectivity index (χ2n) is 6.03. The Labute approximate surface area is 118 Å². The van der Waals surface area contributed by atoms with Crippen LogP contribution in [0.25, 0.3) is 0 Å². The first kappa shape index (κ1) is 13.0. The summed E-state index contributed by atoms with van der Waals surface area (Å²) in [7, 11) is 0. The number of ketones is 1. The van der Waals surface area contributed by atoms with Crippen LogP contribution < -0.4 is 10.6 Å². The van der Waals surface area contributed by atoms with Gasteiger partial charge in [0.2, 0.25) is 0 Å². The van der Waals surface area contributed by atoms with Gasteiger partial charge in [0, 0.05) is 19.0 Å². The molecule has 3 nitrogen and oxygen atoms in total. The third-order valence-corrected chi connectivity index (χ3v) is 5.47. The highest BCUT2D eigenvalue weighted by Crippen LogP contribution is 2.40. The van der Waals surface area contributed by atoms with Crippen LogP contribution in [0.1, 0.15) is 48.7 Å². The van der Waals surface area contributed by atoms with Crippen molar-refractivity contribution in [1.82, 2.24) is 0 Å². The van der Waals surface area contributed by atoms with Gasteiger partial charge in [0.1, 0.15) is 0 Å². The van der Waals surface area contributed by atoms with Gasteiger partial charge in [0.25, 0.3) is 0 Å². The molecule has 0 bridgehead atoms. The number of nitrogen functional groups attached to an aromatic ring is 1. The van der Waals surface area contributed by atoms with E-state index in [1.807, 2.05) is 6.07 Å². The number of Topliss-reactive ketones (excluding diaryl/α,β-unsaturated/α-hetero) is 1. The minimum Gasteiger partial charge on any atom is -0.397 e. The molecule has 104 valence electrons. The summed E-state index contributed by atoms with van der Waals surface area (Å²) in [5.41, 5.74) is 6.73. The van der Waals surface area contributed by atoms with Gasteiger partial charge in [-0.1, -0.05) is 6.92 Å². The van der Waals surface area contributed by atoms with Crippen molar-refractivity contribution in [2.45, 2.75) is 39.0 Å². The standard InChI is InChI=1S/C15H22N2OS/c1-10-3-2-7-17(8-6-10)13-9-12(16)15(19-13)14(18)11-4-5-11/h9-11H,2-8,16H2,1H3. The van der Waals surface area contributed by atoms with E-state index >= 15 is 0 Å². The quantitative estimate of drug-likeness (QED) is 0.860. The Bertz CT molecular complexity index is 478. The summed E-state index contributed by atoms with van der Waals surface area (Å²) in [5.74, 6) is 1.35. The Morgan fingerprint density at radius 1 is 1.32 bits per heavy atom. The smallest absolute Gasteiger partial charge is 0.178 e. The monoisotopic (exact) mass is 278 g/mol. The van der Waals surface area contributed by atoms with Gasteiger partial charge in [-0.2, -0.15) is 0 Å². The summed E-state index contributed by atoms with van der Waals surface area (Å²) in [6.45, 7) is 4.52. The molecule has 0 spiro atoms. The highest BCUT2D eigenvalue weighted by atomic mass is 32.1. The van der Waals surface area contributed by atoms with Crippen molar-refractivity contribution in [1.29, 1.82) is 0 Å². The second kappa shape index (κ2) is 5.16. The number of rotatable bonds is 3. The van der Waals surface area contributed by atoms with E-state index in [4.69, 9.17) is 5.73 Å². The summed E-state index contributed by atoms with van der Waals surface area (Å²) in [6.07, 6.45) is 5.89. The van der Waals surface area contributed by atoms with Crippen molar-refractivity contribution < 1.29 is 4.79 Å². The van der Waals surface area contributed by atoms with E-state index in [9.17, 15) is 4.79 Å². The van der Waals surface area contributed by atoms with Gasteiger partial charge < -0.3 is 10.6 Å². The fourth-order valence-electron chi connectivity index (χ4n) is 2.75. The van der Waals surface area contributed by atoms with Crippen LogP contribution in [0.5, 0.6) is 0 Å². The van der Waals surface area contributed by atoms with Crippen molar-refractivity contribution in [2.75, 3.05) is 23.7 Å². The molecule has 1 saturated heterocycles. The molecule has 1 saturated carbocycles. The lowest BCUT2D eigenvalue weighted by Crippen LogP contribution is -2.22. The number of carbonyl (C=O) groups is 1. The average molecular weight is 278 g/mol. The van der Waals surface area contributed by atoms with Crippen molar-refractivity contribution in [3.63, 3.8) is 0 Å². The molecule has 1 aliphatic carbocycles. The molecule has 0 radical (unpaired) electrons. The van der Waals surface area contributed by atoms with E-state index in [1.54, 1.807) is 11.3 Å². The Kier molecular flexibility index (Phi) is 3.52. The second-order valence-corrected chi connectivity index (χ2v) is 7.06. The SMILES string of the molecule is CC1CCCN(c2cc(N)c(C(=O)C3CC3)s2)CC1. The highest BCUT2D eigenvalue weighted by Gasteiger charge is 2.33. The van der Waals surface area contributed by atoms with Gasteiger partial charge in [0.15, 0.2) is 5.78 Å². The molecule has 19 heavy (non-hydrogen) atoms. The average Bonchev–Trinajstić information content (AvgIpc) is 3.17. The van der Waals surface area contributed by atoms with Crippen LogP contribution >= 0.6 is 11.3 Å². The molecular formula is C15H22N2OS. The number of anilines is 2. The predicted molar refractivity (Wildman–Crippen MR) is 81.0 cm³/mol. The lowest BCUT2D eigenvalue weighted by atomic mass is 10.0. The van der Waals surface area contributed by atoms with Crippen LogP contribution in [-0.4, -0.2) is 18.9 Å². The fraction of sp³-hybridized carbons (Fsp3) is 0.667. The normalized spacial score (nSPS) is 24.3. The Morgan fingerprint density at radius 3 is 2.84 bits per heavy atom. The fourth-order valence-corrected chi connectivity index (χ4v) is 3.90. The summed E-state index contributed by atoms with van der Waals surface area (Å²) in [4.78, 5) is 15.4. The van der Waals surface area contributed by atoms with Crippen molar-refractivity contribution in [2.24, 2.45) is 11.8 Å². The zero-order valence-electron chi connectivity index (χ0n) is 11.5. The van der Waals surface area contributed by atoms with E-state index in [2.05, 4.69) is 11.8 Å². The molecule has 2 heterocycles. The molecule has 0 aromatic carbocycles. The van der Waals surface area contributed by atoms with Gasteiger partial charge in [-0.15, -0.1) is 11.3 Å². The zero-order chi connectivity index (χ0) is 13.4. The summed E-state index contributed by atoms with van der Waals surface area (Å²) < 4.78 is 0. The first-order valence-electron chi connectivity index (χ1n) is 7.33. The van der Waals surface area contributed by atoms with Crippen molar-refractivity contribution >= 4 is 27.8 Å². The third kappa shape index (κ3) is 2.78. The van der Waals surface area contributed by atoms with Gasteiger partial charge in [-0.05, 0) is 44.1 Å². The molecule has 1 unspecified atom stereocenters. The van der Waals surface area contributed by atoms with Gasteiger partial charge >= 0.3 is 0 Å². The zero-order valence-corrected chi connectivity index (χ0v) is 12.3. The van der Waals surface area contributed by atoms with Crippen LogP contribution in [0.15, 0.2) is 6.07 Å². The van der Waals surface area contributed by atoms with Gasteiger partial charge in [0.05, 0.1) is 15.6 Å². The molecule has 0 amide bonds. The maximum absolute atomic E-state index is 12.2. The Hall–Kier alpha value is -1.03. The molecule has 2 N–H and O–H groups in total. The van der Waals surface area contributed by atoms with E-state index in [1.165, 1.54) is 24.3 Å². The van der Waals surface area contributed by atoms with Crippen LogP contribution in [0.2, 0.25) is 0 Å². The van der Waals surface area contributed by atoms with Crippen LogP contribution in [0.3, 0.4) is 0 Å². The Morgan fingerprint density at radius 2 is 2.11 bits per heavy atom. The van der Waals surface area contributed by atoms with Gasteiger partial charge in [-0.3, -0.25) is 4.79 Å². The van der Waals surface area contributed by atoms with Crippen molar-refractivity contribution in [3.05, 3.63) is 10.9 Å². The van der Waals surface area contributed by atoms with Crippen LogP contribution in [0, 0.1) is 11.8 Å². The maximum atomic E-state index is 12.2. The van der Waals surface area contributed by atoms with Crippen LogP contribution in [-0.2, 0) is 0 Å². The first-order valence-corrected chi connectivity index (χ1v) is 8.15. The number of hydrogen-bond acceptors (Lipinski definition) is 4.